The van der Waals surface area contributed by atoms with Crippen LogP contribution >= 0.6 is 11.8 Å². The maximum atomic E-state index is 13.8. The third-order valence-electron chi connectivity index (χ3n) is 2.95. The fourth-order valence-electron chi connectivity index (χ4n) is 2.06. The molecule has 1 aromatic rings. The van der Waals surface area contributed by atoms with E-state index in [9.17, 15) is 8.78 Å². The summed E-state index contributed by atoms with van der Waals surface area (Å²) in [5.41, 5.74) is 5.60. The number of nitrogens with zero attached hydrogens (tertiary/aromatic N) is 1. The molecule has 1 aliphatic rings. The molecule has 1 fully saturated rings. The lowest BCUT2D eigenvalue weighted by molar-refractivity contribution is 0.569. The largest absolute Gasteiger partial charge is 0.399 e. The third kappa shape index (κ3) is 2.65. The molecule has 0 spiro atoms. The van der Waals surface area contributed by atoms with Crippen molar-refractivity contribution in [3.63, 3.8) is 0 Å². The maximum absolute atomic E-state index is 13.8. The first-order valence-corrected chi connectivity index (χ1v) is 6.77. The van der Waals surface area contributed by atoms with Gasteiger partial charge in [-0.1, -0.05) is 6.92 Å². The number of anilines is 2. The van der Waals surface area contributed by atoms with Crippen LogP contribution in [0.1, 0.15) is 13.3 Å². The molecule has 2 nitrogen and oxygen atoms in total. The molecule has 2 N–H and O–H groups in total. The summed E-state index contributed by atoms with van der Waals surface area (Å²) < 4.78 is 27.5. The Morgan fingerprint density at radius 1 is 1.41 bits per heavy atom. The van der Waals surface area contributed by atoms with Crippen molar-refractivity contribution < 1.29 is 8.78 Å². The molecule has 17 heavy (non-hydrogen) atoms. The zero-order valence-electron chi connectivity index (χ0n) is 9.75. The van der Waals surface area contributed by atoms with Crippen LogP contribution in [-0.2, 0) is 0 Å². The van der Waals surface area contributed by atoms with Gasteiger partial charge in [-0.05, 0) is 18.6 Å². The number of hydrogen-bond donors (Lipinski definition) is 1. The van der Waals surface area contributed by atoms with E-state index in [4.69, 9.17) is 5.73 Å². The number of nitrogens with two attached hydrogens (primary N) is 1. The molecule has 1 saturated heterocycles. The van der Waals surface area contributed by atoms with Gasteiger partial charge in [0, 0.05) is 29.8 Å². The summed E-state index contributed by atoms with van der Waals surface area (Å²) in [5.74, 6) is -0.226. The Kier molecular flexibility index (Phi) is 3.76. The highest BCUT2D eigenvalue weighted by molar-refractivity contribution is 8.00. The lowest BCUT2D eigenvalue weighted by Crippen LogP contribution is -2.38. The van der Waals surface area contributed by atoms with E-state index in [-0.39, 0.29) is 11.4 Å². The average molecular weight is 258 g/mol. The van der Waals surface area contributed by atoms with Crippen LogP contribution in [0.3, 0.4) is 0 Å². The molecule has 1 heterocycles. The molecule has 0 aliphatic carbocycles. The summed E-state index contributed by atoms with van der Waals surface area (Å²) in [4.78, 5) is 1.79. The molecular weight excluding hydrogens is 242 g/mol. The standard InChI is InChI=1S/C12H16F2N2S/c1-2-9-7-16(3-4-17-9)12-10(13)5-8(15)6-11(12)14/h5-6,9H,2-4,7,15H2,1H3. The predicted octanol–water partition coefficient (Wildman–Crippen LogP) is 2.88. The molecule has 94 valence electrons. The second-order valence-electron chi connectivity index (χ2n) is 4.18. The number of nitrogen functional groups attached to an aromatic ring is 1. The van der Waals surface area contributed by atoms with Gasteiger partial charge in [0.05, 0.1) is 0 Å². The highest BCUT2D eigenvalue weighted by Crippen LogP contribution is 2.30. The molecule has 1 aromatic carbocycles. The topological polar surface area (TPSA) is 29.3 Å². The lowest BCUT2D eigenvalue weighted by Gasteiger charge is -2.34. The monoisotopic (exact) mass is 258 g/mol. The number of benzene rings is 1. The molecule has 0 bridgehead atoms. The predicted molar refractivity (Wildman–Crippen MR) is 69.5 cm³/mol. The Bertz CT molecular complexity index is 388. The summed E-state index contributed by atoms with van der Waals surface area (Å²) in [6, 6.07) is 2.36. The van der Waals surface area contributed by atoms with Crippen LogP contribution < -0.4 is 10.6 Å². The quantitative estimate of drug-likeness (QED) is 0.827. The van der Waals surface area contributed by atoms with E-state index < -0.39 is 11.6 Å². The SMILES string of the molecule is CCC1CN(c2c(F)cc(N)cc2F)CCS1. The zero-order chi connectivity index (χ0) is 12.4. The van der Waals surface area contributed by atoms with Crippen molar-refractivity contribution in [2.45, 2.75) is 18.6 Å². The van der Waals surface area contributed by atoms with Gasteiger partial charge >= 0.3 is 0 Å². The van der Waals surface area contributed by atoms with Crippen molar-refractivity contribution in [1.82, 2.24) is 0 Å². The first-order chi connectivity index (χ1) is 8.11. The number of halogens is 2. The molecule has 1 atom stereocenters. The molecule has 0 aromatic heterocycles. The van der Waals surface area contributed by atoms with Gasteiger partial charge in [-0.3, -0.25) is 0 Å². The van der Waals surface area contributed by atoms with Crippen molar-refractivity contribution in [3.8, 4) is 0 Å². The second kappa shape index (κ2) is 5.12. The van der Waals surface area contributed by atoms with E-state index in [1.807, 2.05) is 11.8 Å². The molecular formula is C12H16F2N2S. The van der Waals surface area contributed by atoms with Gasteiger partial charge in [0.2, 0.25) is 0 Å². The van der Waals surface area contributed by atoms with Gasteiger partial charge in [0.25, 0.3) is 0 Å². The fourth-order valence-corrected chi connectivity index (χ4v) is 3.24. The Hall–Kier alpha value is -0.970. The number of rotatable bonds is 2. The van der Waals surface area contributed by atoms with E-state index >= 15 is 0 Å². The van der Waals surface area contributed by atoms with Crippen molar-refractivity contribution in [2.75, 3.05) is 29.5 Å². The summed E-state index contributed by atoms with van der Waals surface area (Å²) in [7, 11) is 0. The van der Waals surface area contributed by atoms with Gasteiger partial charge in [-0.2, -0.15) is 11.8 Å². The Morgan fingerprint density at radius 3 is 2.65 bits per heavy atom. The Balaban J connectivity index is 2.27. The third-order valence-corrected chi connectivity index (χ3v) is 4.32. The van der Waals surface area contributed by atoms with Crippen molar-refractivity contribution in [3.05, 3.63) is 23.8 Å². The number of thioether (sulfide) groups is 1. The molecule has 0 amide bonds. The van der Waals surface area contributed by atoms with Crippen LogP contribution in [0.15, 0.2) is 12.1 Å². The Morgan fingerprint density at radius 2 is 2.06 bits per heavy atom. The fraction of sp³-hybridized carbons (Fsp3) is 0.500. The zero-order valence-corrected chi connectivity index (χ0v) is 10.6. The molecule has 5 heteroatoms. The normalized spacial score (nSPS) is 20.6. The number of hydrogen-bond acceptors (Lipinski definition) is 3. The molecule has 0 saturated carbocycles. The van der Waals surface area contributed by atoms with E-state index in [2.05, 4.69) is 6.92 Å². The highest BCUT2D eigenvalue weighted by Gasteiger charge is 2.24. The van der Waals surface area contributed by atoms with Crippen LogP contribution in [0.2, 0.25) is 0 Å². The van der Waals surface area contributed by atoms with Gasteiger partial charge in [-0.15, -0.1) is 0 Å². The van der Waals surface area contributed by atoms with Crippen molar-refractivity contribution >= 4 is 23.1 Å². The van der Waals surface area contributed by atoms with Crippen LogP contribution in [0, 0.1) is 11.6 Å². The molecule has 2 rings (SSSR count). The summed E-state index contributed by atoms with van der Waals surface area (Å²) in [6.07, 6.45) is 1.01. The first kappa shape index (κ1) is 12.5. The van der Waals surface area contributed by atoms with Crippen LogP contribution in [-0.4, -0.2) is 24.1 Å². The van der Waals surface area contributed by atoms with Crippen LogP contribution in [0.25, 0.3) is 0 Å². The van der Waals surface area contributed by atoms with Crippen LogP contribution in [0.4, 0.5) is 20.2 Å². The minimum Gasteiger partial charge on any atom is -0.399 e. The highest BCUT2D eigenvalue weighted by atomic mass is 32.2. The van der Waals surface area contributed by atoms with E-state index in [0.717, 1.165) is 12.2 Å². The summed E-state index contributed by atoms with van der Waals surface area (Å²) in [5, 5.41) is 0.445. The molecule has 1 aliphatic heterocycles. The van der Waals surface area contributed by atoms with Crippen molar-refractivity contribution in [1.29, 1.82) is 0 Å². The van der Waals surface area contributed by atoms with E-state index in [1.165, 1.54) is 12.1 Å². The van der Waals surface area contributed by atoms with E-state index in [1.54, 1.807) is 4.90 Å². The Labute approximate surface area is 104 Å². The van der Waals surface area contributed by atoms with Crippen LogP contribution in [0.5, 0.6) is 0 Å². The molecule has 1 unspecified atom stereocenters. The minimum absolute atomic E-state index is 0.0675. The van der Waals surface area contributed by atoms with Crippen molar-refractivity contribution in [2.24, 2.45) is 0 Å². The maximum Gasteiger partial charge on any atom is 0.151 e. The second-order valence-corrected chi connectivity index (χ2v) is 5.59. The van der Waals surface area contributed by atoms with E-state index in [0.29, 0.717) is 18.3 Å². The van der Waals surface area contributed by atoms with Gasteiger partial charge in [0.15, 0.2) is 11.6 Å². The first-order valence-electron chi connectivity index (χ1n) is 5.73. The van der Waals surface area contributed by atoms with Gasteiger partial charge in [-0.25, -0.2) is 8.78 Å². The van der Waals surface area contributed by atoms with Gasteiger partial charge < -0.3 is 10.6 Å². The molecule has 0 radical (unpaired) electrons. The lowest BCUT2D eigenvalue weighted by atomic mass is 10.2. The smallest absolute Gasteiger partial charge is 0.151 e. The minimum atomic E-state index is -0.566. The average Bonchev–Trinajstić information content (AvgIpc) is 2.28. The summed E-state index contributed by atoms with van der Waals surface area (Å²) >= 11 is 1.87. The summed E-state index contributed by atoms with van der Waals surface area (Å²) in [6.45, 7) is 3.47. The van der Waals surface area contributed by atoms with Gasteiger partial charge in [0.1, 0.15) is 5.69 Å².